The van der Waals surface area contributed by atoms with Crippen LogP contribution in [0.4, 0.5) is 0 Å². The molecule has 1 aromatic rings. The van der Waals surface area contributed by atoms with Crippen LogP contribution in [0.2, 0.25) is 0 Å². The molecule has 0 saturated heterocycles. The summed E-state index contributed by atoms with van der Waals surface area (Å²) in [5, 5.41) is 9.32. The fraction of sp³-hybridized carbons (Fsp3) is 0.538. The summed E-state index contributed by atoms with van der Waals surface area (Å²) in [4.78, 5) is 0. The van der Waals surface area contributed by atoms with Crippen LogP contribution in [0.1, 0.15) is 18.4 Å². The molecule has 0 radical (unpaired) electrons. The summed E-state index contributed by atoms with van der Waals surface area (Å²) in [6.07, 6.45) is 3.49. The quantitative estimate of drug-likeness (QED) is 0.800. The van der Waals surface area contributed by atoms with Crippen LogP contribution in [-0.4, -0.2) is 18.8 Å². The highest BCUT2D eigenvalue weighted by atomic mass is 16.5. The Morgan fingerprint density at radius 1 is 1.40 bits per heavy atom. The summed E-state index contributed by atoms with van der Waals surface area (Å²) in [6, 6.07) is 8.08. The first-order chi connectivity index (χ1) is 7.35. The predicted molar refractivity (Wildman–Crippen MR) is 60.0 cm³/mol. The smallest absolute Gasteiger partial charge is 0.122 e. The lowest BCUT2D eigenvalue weighted by Crippen LogP contribution is -2.12. The summed E-state index contributed by atoms with van der Waals surface area (Å²) in [5.41, 5.74) is 1.21. The second kappa shape index (κ2) is 4.67. The molecule has 0 spiro atoms. The van der Waals surface area contributed by atoms with Gasteiger partial charge in [0.25, 0.3) is 0 Å². The number of rotatable bonds is 5. The Bertz CT molecular complexity index is 318. The molecule has 0 aromatic heterocycles. The van der Waals surface area contributed by atoms with Crippen molar-refractivity contribution in [3.8, 4) is 5.75 Å². The summed E-state index contributed by atoms with van der Waals surface area (Å²) in [5.74, 6) is 2.10. The zero-order chi connectivity index (χ0) is 10.7. The zero-order valence-electron chi connectivity index (χ0n) is 9.15. The maximum atomic E-state index is 9.32. The highest BCUT2D eigenvalue weighted by Crippen LogP contribution is 2.39. The SMILES string of the molecule is COc1ccccc1CC(CO)C1CC1. The first-order valence-corrected chi connectivity index (χ1v) is 5.58. The van der Waals surface area contributed by atoms with E-state index in [1.807, 2.05) is 18.2 Å². The summed E-state index contributed by atoms with van der Waals surface area (Å²) in [6.45, 7) is 0.294. The van der Waals surface area contributed by atoms with Crippen LogP contribution in [0.3, 0.4) is 0 Å². The number of ether oxygens (including phenoxy) is 1. The first-order valence-electron chi connectivity index (χ1n) is 5.58. The standard InChI is InChI=1S/C13H18O2/c1-15-13-5-3-2-4-11(13)8-12(9-14)10-6-7-10/h2-5,10,12,14H,6-9H2,1H3. The number of para-hydroxylation sites is 1. The molecule has 1 fully saturated rings. The Morgan fingerprint density at radius 3 is 2.73 bits per heavy atom. The number of benzene rings is 1. The molecule has 2 nitrogen and oxygen atoms in total. The average Bonchev–Trinajstić information content (AvgIpc) is 3.10. The van der Waals surface area contributed by atoms with E-state index in [0.29, 0.717) is 12.5 Å². The molecule has 0 amide bonds. The van der Waals surface area contributed by atoms with E-state index in [1.165, 1.54) is 18.4 Å². The van der Waals surface area contributed by atoms with Crippen LogP contribution in [-0.2, 0) is 6.42 Å². The molecule has 1 atom stereocenters. The molecular weight excluding hydrogens is 188 g/mol. The molecule has 2 rings (SSSR count). The Balaban J connectivity index is 2.07. The number of hydrogen-bond donors (Lipinski definition) is 1. The Hall–Kier alpha value is -1.02. The first kappa shape index (κ1) is 10.5. The molecule has 1 saturated carbocycles. The van der Waals surface area contributed by atoms with Crippen molar-refractivity contribution in [2.75, 3.05) is 13.7 Å². The van der Waals surface area contributed by atoms with E-state index >= 15 is 0 Å². The van der Waals surface area contributed by atoms with Gasteiger partial charge in [0.05, 0.1) is 7.11 Å². The number of aliphatic hydroxyl groups is 1. The van der Waals surface area contributed by atoms with Gasteiger partial charge in [-0.05, 0) is 42.7 Å². The van der Waals surface area contributed by atoms with Crippen molar-refractivity contribution in [1.29, 1.82) is 0 Å². The van der Waals surface area contributed by atoms with Crippen molar-refractivity contribution in [1.82, 2.24) is 0 Å². The largest absolute Gasteiger partial charge is 0.496 e. The molecule has 15 heavy (non-hydrogen) atoms. The minimum Gasteiger partial charge on any atom is -0.496 e. The summed E-state index contributed by atoms with van der Waals surface area (Å²) in [7, 11) is 1.70. The third-order valence-electron chi connectivity index (χ3n) is 3.20. The number of hydrogen-bond acceptors (Lipinski definition) is 2. The van der Waals surface area contributed by atoms with Crippen LogP contribution < -0.4 is 4.74 Å². The number of methoxy groups -OCH3 is 1. The Morgan fingerprint density at radius 2 is 2.13 bits per heavy atom. The van der Waals surface area contributed by atoms with Crippen molar-refractivity contribution in [2.45, 2.75) is 19.3 Å². The average molecular weight is 206 g/mol. The molecule has 1 aliphatic rings. The highest BCUT2D eigenvalue weighted by molar-refractivity contribution is 5.33. The minimum atomic E-state index is 0.294. The van der Waals surface area contributed by atoms with Crippen LogP contribution in [0.15, 0.2) is 24.3 Å². The van der Waals surface area contributed by atoms with E-state index in [0.717, 1.165) is 18.1 Å². The van der Waals surface area contributed by atoms with E-state index in [2.05, 4.69) is 6.07 Å². The molecule has 1 aliphatic carbocycles. The van der Waals surface area contributed by atoms with E-state index in [-0.39, 0.29) is 0 Å². The van der Waals surface area contributed by atoms with Gasteiger partial charge in [-0.3, -0.25) is 0 Å². The second-order valence-electron chi connectivity index (χ2n) is 4.30. The van der Waals surface area contributed by atoms with Gasteiger partial charge in [-0.1, -0.05) is 18.2 Å². The van der Waals surface area contributed by atoms with Gasteiger partial charge in [0.2, 0.25) is 0 Å². The van der Waals surface area contributed by atoms with Gasteiger partial charge in [-0.15, -0.1) is 0 Å². The van der Waals surface area contributed by atoms with E-state index in [9.17, 15) is 5.11 Å². The van der Waals surface area contributed by atoms with Gasteiger partial charge >= 0.3 is 0 Å². The third-order valence-corrected chi connectivity index (χ3v) is 3.20. The lowest BCUT2D eigenvalue weighted by molar-refractivity contribution is 0.208. The van der Waals surface area contributed by atoms with Crippen molar-refractivity contribution in [3.63, 3.8) is 0 Å². The number of aliphatic hydroxyl groups excluding tert-OH is 1. The molecular formula is C13H18O2. The molecule has 1 N–H and O–H groups in total. The molecule has 0 bridgehead atoms. The monoisotopic (exact) mass is 206 g/mol. The lowest BCUT2D eigenvalue weighted by Gasteiger charge is -2.15. The van der Waals surface area contributed by atoms with Crippen molar-refractivity contribution >= 4 is 0 Å². The van der Waals surface area contributed by atoms with Crippen molar-refractivity contribution in [2.24, 2.45) is 11.8 Å². The topological polar surface area (TPSA) is 29.5 Å². The summed E-state index contributed by atoms with van der Waals surface area (Å²) < 4.78 is 5.31. The highest BCUT2D eigenvalue weighted by Gasteiger charge is 2.30. The fourth-order valence-electron chi connectivity index (χ4n) is 2.10. The van der Waals surface area contributed by atoms with Crippen LogP contribution in [0.25, 0.3) is 0 Å². The normalized spacial score (nSPS) is 17.5. The minimum absolute atomic E-state index is 0.294. The van der Waals surface area contributed by atoms with E-state index in [4.69, 9.17) is 4.74 Å². The molecule has 82 valence electrons. The van der Waals surface area contributed by atoms with Gasteiger partial charge in [-0.25, -0.2) is 0 Å². The zero-order valence-corrected chi connectivity index (χ0v) is 9.15. The summed E-state index contributed by atoms with van der Waals surface area (Å²) >= 11 is 0. The lowest BCUT2D eigenvalue weighted by atomic mass is 9.95. The van der Waals surface area contributed by atoms with Crippen LogP contribution in [0.5, 0.6) is 5.75 Å². The van der Waals surface area contributed by atoms with Gasteiger partial charge in [0.15, 0.2) is 0 Å². The second-order valence-corrected chi connectivity index (χ2v) is 4.30. The maximum Gasteiger partial charge on any atom is 0.122 e. The Labute approximate surface area is 90.9 Å². The van der Waals surface area contributed by atoms with Gasteiger partial charge in [-0.2, -0.15) is 0 Å². The van der Waals surface area contributed by atoms with Gasteiger partial charge in [0, 0.05) is 6.61 Å². The van der Waals surface area contributed by atoms with E-state index < -0.39 is 0 Å². The molecule has 2 heteroatoms. The molecule has 1 aromatic carbocycles. The molecule has 0 heterocycles. The molecule has 1 unspecified atom stereocenters. The Kier molecular flexibility index (Phi) is 3.27. The van der Waals surface area contributed by atoms with Gasteiger partial charge in [0.1, 0.15) is 5.75 Å². The van der Waals surface area contributed by atoms with Crippen molar-refractivity contribution < 1.29 is 9.84 Å². The fourth-order valence-corrected chi connectivity index (χ4v) is 2.10. The van der Waals surface area contributed by atoms with Crippen LogP contribution >= 0.6 is 0 Å². The third kappa shape index (κ3) is 2.51. The van der Waals surface area contributed by atoms with E-state index in [1.54, 1.807) is 7.11 Å². The van der Waals surface area contributed by atoms with Crippen LogP contribution in [0, 0.1) is 11.8 Å². The predicted octanol–water partition coefficient (Wildman–Crippen LogP) is 2.26. The maximum absolute atomic E-state index is 9.32. The van der Waals surface area contributed by atoms with Crippen molar-refractivity contribution in [3.05, 3.63) is 29.8 Å². The molecule has 0 aliphatic heterocycles. The van der Waals surface area contributed by atoms with Gasteiger partial charge < -0.3 is 9.84 Å².